The van der Waals surface area contributed by atoms with Crippen molar-refractivity contribution in [2.75, 3.05) is 13.2 Å². The lowest BCUT2D eigenvalue weighted by atomic mass is 9.97. The van der Waals surface area contributed by atoms with Crippen molar-refractivity contribution < 1.29 is 36.4 Å². The van der Waals surface area contributed by atoms with Gasteiger partial charge in [-0.15, -0.1) is 0 Å². The van der Waals surface area contributed by atoms with Gasteiger partial charge in [0.2, 0.25) is 5.88 Å². The van der Waals surface area contributed by atoms with Gasteiger partial charge in [-0.25, -0.2) is 23.3 Å². The number of phosphoric acid groups is 1. The molecule has 5 atom stereocenters. The van der Waals surface area contributed by atoms with Crippen LogP contribution in [-0.4, -0.2) is 56.5 Å². The Kier molecular flexibility index (Phi) is 5.14. The summed E-state index contributed by atoms with van der Waals surface area (Å²) in [5, 5.41) is 0. The van der Waals surface area contributed by atoms with E-state index in [2.05, 4.69) is 15.0 Å². The van der Waals surface area contributed by atoms with Crippen LogP contribution in [0.4, 0.5) is 8.78 Å². The minimum Gasteiger partial charge on any atom is -0.476 e. The number of rotatable bonds is 5. The van der Waals surface area contributed by atoms with Crippen molar-refractivity contribution in [2.45, 2.75) is 64.6 Å². The first kappa shape index (κ1) is 21.5. The number of ether oxygens (including phenoxy) is 2. The molecule has 2 saturated heterocycles. The second-order valence-electron chi connectivity index (χ2n) is 7.60. The fourth-order valence-corrected chi connectivity index (χ4v) is 5.22. The minimum absolute atomic E-state index is 0.199. The van der Waals surface area contributed by atoms with Gasteiger partial charge in [0.15, 0.2) is 29.2 Å². The van der Waals surface area contributed by atoms with Gasteiger partial charge in [0.1, 0.15) is 12.4 Å². The van der Waals surface area contributed by atoms with Crippen molar-refractivity contribution in [2.24, 2.45) is 0 Å². The Morgan fingerprint density at radius 3 is 2.80 bits per heavy atom. The molecule has 2 aliphatic rings. The molecule has 4 rings (SSSR count). The third-order valence-corrected chi connectivity index (χ3v) is 6.32. The van der Waals surface area contributed by atoms with E-state index < -0.39 is 44.4 Å². The molecule has 0 bridgehead atoms. The van der Waals surface area contributed by atoms with Gasteiger partial charge in [-0.05, 0) is 34.6 Å². The molecule has 30 heavy (non-hydrogen) atoms. The smallest absolute Gasteiger partial charge is 0.475 e. The SMILES string of the molecule is CCOc1nc(C)nc2c1ncn2[C@@H]1O[C@]2(F)CO[P@@](=O)(OC(C)C)O[C@H]2[C@@]1(C)F. The van der Waals surface area contributed by atoms with E-state index in [1.165, 1.54) is 10.9 Å². The number of fused-ring (bicyclic) bond motifs is 2. The molecular formula is C17H23F2N4O6P. The lowest BCUT2D eigenvalue weighted by Crippen LogP contribution is -2.51. The molecule has 0 radical (unpaired) electrons. The molecule has 2 fully saturated rings. The normalized spacial score (nSPS) is 36.4. The summed E-state index contributed by atoms with van der Waals surface area (Å²) in [6, 6.07) is 0. The lowest BCUT2D eigenvalue weighted by Gasteiger charge is -2.36. The highest BCUT2D eigenvalue weighted by molar-refractivity contribution is 7.48. The maximum absolute atomic E-state index is 15.9. The van der Waals surface area contributed by atoms with Crippen LogP contribution in [0.25, 0.3) is 11.2 Å². The lowest BCUT2D eigenvalue weighted by molar-refractivity contribution is -0.220. The van der Waals surface area contributed by atoms with Gasteiger partial charge in [0.05, 0.1) is 19.0 Å². The third kappa shape index (κ3) is 3.40. The van der Waals surface area contributed by atoms with E-state index in [1.54, 1.807) is 27.7 Å². The zero-order valence-corrected chi connectivity index (χ0v) is 18.1. The van der Waals surface area contributed by atoms with Crippen molar-refractivity contribution in [1.82, 2.24) is 19.5 Å². The fraction of sp³-hybridized carbons (Fsp3) is 0.706. The van der Waals surface area contributed by atoms with E-state index in [-0.39, 0.29) is 17.0 Å². The molecule has 0 saturated carbocycles. The standard InChI is InChI=1S/C17H23F2N4O6P/c1-6-25-13-11-12(21-10(4)22-13)23(8-20-11)15-16(5,18)14-17(19,27-15)7-26-30(24,29-14)28-9(2)3/h8-9,14-15H,6-7H2,1-5H3/t14-,15+,16+,17+,30-/m0/s1. The minimum atomic E-state index is -4.17. The highest BCUT2D eigenvalue weighted by Crippen LogP contribution is 2.63. The Balaban J connectivity index is 1.74. The zero-order valence-electron chi connectivity index (χ0n) is 17.2. The van der Waals surface area contributed by atoms with Crippen LogP contribution in [0.2, 0.25) is 0 Å². The summed E-state index contributed by atoms with van der Waals surface area (Å²) in [6.45, 7) is 7.23. The quantitative estimate of drug-likeness (QED) is 0.636. The Labute approximate surface area is 171 Å². The van der Waals surface area contributed by atoms with E-state index >= 15 is 8.78 Å². The number of imidazole rings is 1. The Hall–Kier alpha value is -1.72. The van der Waals surface area contributed by atoms with Crippen LogP contribution in [0.1, 0.15) is 39.7 Å². The molecule has 0 aromatic carbocycles. The monoisotopic (exact) mass is 448 g/mol. The number of hydrogen-bond acceptors (Lipinski definition) is 9. The first-order valence-corrected chi connectivity index (χ1v) is 11.0. The largest absolute Gasteiger partial charge is 0.476 e. The summed E-state index contributed by atoms with van der Waals surface area (Å²) in [5.74, 6) is -2.11. The van der Waals surface area contributed by atoms with Crippen molar-refractivity contribution in [1.29, 1.82) is 0 Å². The molecule has 0 spiro atoms. The van der Waals surface area contributed by atoms with Crippen LogP contribution in [0.5, 0.6) is 5.88 Å². The van der Waals surface area contributed by atoms with E-state index in [4.69, 9.17) is 23.0 Å². The number of nitrogens with zero attached hydrogens (tertiary/aromatic N) is 4. The Morgan fingerprint density at radius 1 is 1.40 bits per heavy atom. The topological polar surface area (TPSA) is 107 Å². The molecule has 0 unspecified atom stereocenters. The van der Waals surface area contributed by atoms with E-state index in [0.29, 0.717) is 12.4 Å². The Morgan fingerprint density at radius 2 is 2.13 bits per heavy atom. The number of alkyl halides is 2. The number of phosphoric ester groups is 1. The molecule has 13 heteroatoms. The van der Waals surface area contributed by atoms with Crippen molar-refractivity contribution in [3.05, 3.63) is 12.2 Å². The highest BCUT2D eigenvalue weighted by Gasteiger charge is 2.70. The Bertz CT molecular complexity index is 1020. The summed E-state index contributed by atoms with van der Waals surface area (Å²) in [4.78, 5) is 12.7. The van der Waals surface area contributed by atoms with Crippen LogP contribution in [0.15, 0.2) is 6.33 Å². The van der Waals surface area contributed by atoms with Crippen molar-refractivity contribution >= 4 is 19.0 Å². The van der Waals surface area contributed by atoms with Crippen molar-refractivity contribution in [3.8, 4) is 5.88 Å². The van der Waals surface area contributed by atoms with Gasteiger partial charge in [-0.1, -0.05) is 0 Å². The molecule has 2 aromatic heterocycles. The highest BCUT2D eigenvalue weighted by atomic mass is 31.2. The molecule has 2 aliphatic heterocycles. The maximum Gasteiger partial charge on any atom is 0.475 e. The van der Waals surface area contributed by atoms with Crippen LogP contribution in [0, 0.1) is 6.92 Å². The van der Waals surface area contributed by atoms with E-state index in [1.807, 2.05) is 0 Å². The third-order valence-electron chi connectivity index (χ3n) is 4.72. The van der Waals surface area contributed by atoms with Gasteiger partial charge in [0.25, 0.3) is 5.85 Å². The molecule has 4 heterocycles. The first-order chi connectivity index (χ1) is 14.0. The van der Waals surface area contributed by atoms with Crippen LogP contribution >= 0.6 is 7.82 Å². The molecule has 0 amide bonds. The summed E-state index contributed by atoms with van der Waals surface area (Å²) >= 11 is 0. The number of aryl methyl sites for hydroxylation is 1. The molecule has 166 valence electrons. The molecule has 0 aliphatic carbocycles. The van der Waals surface area contributed by atoms with Crippen LogP contribution in [0.3, 0.4) is 0 Å². The average molecular weight is 448 g/mol. The number of halogens is 2. The van der Waals surface area contributed by atoms with Crippen LogP contribution < -0.4 is 4.74 Å². The second-order valence-corrected chi connectivity index (χ2v) is 9.18. The van der Waals surface area contributed by atoms with Gasteiger partial charge < -0.3 is 9.47 Å². The predicted octanol–water partition coefficient (Wildman–Crippen LogP) is 3.40. The van der Waals surface area contributed by atoms with E-state index in [0.717, 1.165) is 6.92 Å². The van der Waals surface area contributed by atoms with Gasteiger partial charge >= 0.3 is 7.82 Å². The molecule has 2 aromatic rings. The van der Waals surface area contributed by atoms with Gasteiger partial charge in [-0.2, -0.15) is 4.98 Å². The number of aromatic nitrogens is 4. The molecule has 0 N–H and O–H groups in total. The van der Waals surface area contributed by atoms with Crippen LogP contribution in [-0.2, 0) is 22.9 Å². The van der Waals surface area contributed by atoms with Gasteiger partial charge in [-0.3, -0.25) is 18.1 Å². The molecule has 10 nitrogen and oxygen atoms in total. The van der Waals surface area contributed by atoms with Crippen molar-refractivity contribution in [3.63, 3.8) is 0 Å². The predicted molar refractivity (Wildman–Crippen MR) is 99.4 cm³/mol. The van der Waals surface area contributed by atoms with E-state index in [9.17, 15) is 4.57 Å². The summed E-state index contributed by atoms with van der Waals surface area (Å²) in [5.41, 5.74) is -1.99. The molecular weight excluding hydrogens is 425 g/mol. The maximum atomic E-state index is 15.9. The fourth-order valence-electron chi connectivity index (χ4n) is 3.58. The van der Waals surface area contributed by atoms with Gasteiger partial charge in [0, 0.05) is 0 Å². The summed E-state index contributed by atoms with van der Waals surface area (Å²) in [6.07, 6.45) is -2.67. The number of hydrogen-bond donors (Lipinski definition) is 0. The summed E-state index contributed by atoms with van der Waals surface area (Å²) < 4.78 is 71.5. The average Bonchev–Trinajstić information content (AvgIpc) is 3.13. The second kappa shape index (κ2) is 7.16. The first-order valence-electron chi connectivity index (χ1n) is 9.50. The zero-order chi connectivity index (χ0) is 21.9. The summed E-state index contributed by atoms with van der Waals surface area (Å²) in [7, 11) is -4.17.